The van der Waals surface area contributed by atoms with Gasteiger partial charge in [0.15, 0.2) is 4.80 Å². The van der Waals surface area contributed by atoms with E-state index in [-0.39, 0.29) is 17.6 Å². The molecular weight excluding hydrogens is 275 g/mol. The largest absolute Gasteiger partial charge is 0.319 e. The first kappa shape index (κ1) is 13.2. The quantitative estimate of drug-likeness (QED) is 0.855. The fourth-order valence-electron chi connectivity index (χ4n) is 2.16. The van der Waals surface area contributed by atoms with Gasteiger partial charge >= 0.3 is 0 Å². The monoisotopic (exact) mass is 290 g/mol. The molecular formula is C15H15FN2OS. The Hall–Kier alpha value is -1.75. The number of aromatic nitrogens is 1. The molecule has 1 fully saturated rings. The minimum absolute atomic E-state index is 0.0408. The van der Waals surface area contributed by atoms with Gasteiger partial charge in [0.25, 0.3) is 5.91 Å². The van der Waals surface area contributed by atoms with Crippen molar-refractivity contribution in [3.05, 3.63) is 52.0 Å². The summed E-state index contributed by atoms with van der Waals surface area (Å²) in [4.78, 5) is 16.7. The van der Waals surface area contributed by atoms with Crippen LogP contribution in [0.4, 0.5) is 4.39 Å². The number of carbonyl (C=O) groups is 1. The molecule has 20 heavy (non-hydrogen) atoms. The van der Waals surface area contributed by atoms with E-state index in [2.05, 4.69) is 4.99 Å². The fourth-order valence-corrected chi connectivity index (χ4v) is 2.89. The summed E-state index contributed by atoms with van der Waals surface area (Å²) in [6.45, 7) is 0.396. The topological polar surface area (TPSA) is 34.4 Å². The van der Waals surface area contributed by atoms with E-state index in [1.165, 1.54) is 17.4 Å². The summed E-state index contributed by atoms with van der Waals surface area (Å²) < 4.78 is 15.5. The molecule has 0 radical (unpaired) electrons. The number of amides is 1. The zero-order valence-corrected chi connectivity index (χ0v) is 11.8. The third kappa shape index (κ3) is 2.72. The van der Waals surface area contributed by atoms with Crippen LogP contribution in [-0.2, 0) is 11.3 Å². The molecule has 0 spiro atoms. The van der Waals surface area contributed by atoms with Gasteiger partial charge in [-0.1, -0.05) is 24.6 Å². The Kier molecular flexibility index (Phi) is 3.78. The Morgan fingerprint density at radius 1 is 1.40 bits per heavy atom. The lowest BCUT2D eigenvalue weighted by Crippen LogP contribution is -2.24. The number of halogens is 1. The summed E-state index contributed by atoms with van der Waals surface area (Å²) in [5.74, 6) is -0.178. The molecule has 0 bridgehead atoms. The number of hydrogen-bond acceptors (Lipinski definition) is 2. The van der Waals surface area contributed by atoms with E-state index in [1.807, 2.05) is 22.2 Å². The molecule has 1 saturated carbocycles. The third-order valence-corrected chi connectivity index (χ3v) is 4.41. The van der Waals surface area contributed by atoms with Crippen molar-refractivity contribution in [1.82, 2.24) is 4.57 Å². The van der Waals surface area contributed by atoms with Crippen LogP contribution in [0.2, 0.25) is 0 Å². The molecule has 104 valence electrons. The van der Waals surface area contributed by atoms with Crippen molar-refractivity contribution in [2.45, 2.75) is 25.8 Å². The lowest BCUT2D eigenvalue weighted by atomic mass is 9.85. The number of thiazole rings is 1. The van der Waals surface area contributed by atoms with Gasteiger partial charge in [-0.05, 0) is 18.9 Å². The van der Waals surface area contributed by atoms with Crippen LogP contribution in [-0.4, -0.2) is 10.5 Å². The van der Waals surface area contributed by atoms with Crippen molar-refractivity contribution >= 4 is 17.2 Å². The van der Waals surface area contributed by atoms with Gasteiger partial charge < -0.3 is 4.57 Å². The molecule has 1 heterocycles. The summed E-state index contributed by atoms with van der Waals surface area (Å²) >= 11 is 1.41. The predicted octanol–water partition coefficient (Wildman–Crippen LogP) is 2.96. The van der Waals surface area contributed by atoms with E-state index in [9.17, 15) is 9.18 Å². The maximum absolute atomic E-state index is 13.7. The van der Waals surface area contributed by atoms with E-state index in [0.717, 1.165) is 19.3 Å². The Morgan fingerprint density at radius 2 is 2.20 bits per heavy atom. The third-order valence-electron chi connectivity index (χ3n) is 3.62. The highest BCUT2D eigenvalue weighted by Gasteiger charge is 2.24. The summed E-state index contributed by atoms with van der Waals surface area (Å²) in [6, 6.07) is 6.67. The molecule has 0 N–H and O–H groups in total. The number of nitrogens with zero attached hydrogens (tertiary/aromatic N) is 2. The number of rotatable bonds is 3. The van der Waals surface area contributed by atoms with Crippen LogP contribution >= 0.6 is 11.3 Å². The number of carbonyl (C=O) groups excluding carboxylic acids is 1. The number of benzene rings is 1. The van der Waals surface area contributed by atoms with Crippen LogP contribution in [0, 0.1) is 11.7 Å². The Bertz CT molecular complexity index is 685. The Labute approximate surface area is 120 Å². The zero-order valence-electron chi connectivity index (χ0n) is 11.0. The molecule has 0 atom stereocenters. The summed E-state index contributed by atoms with van der Waals surface area (Å²) in [5.41, 5.74) is 0.600. The highest BCUT2D eigenvalue weighted by atomic mass is 32.1. The average molecular weight is 290 g/mol. The second kappa shape index (κ2) is 5.71. The van der Waals surface area contributed by atoms with E-state index in [0.29, 0.717) is 16.9 Å². The van der Waals surface area contributed by atoms with Gasteiger partial charge in [0.2, 0.25) is 0 Å². The Morgan fingerprint density at radius 3 is 2.90 bits per heavy atom. The highest BCUT2D eigenvalue weighted by Crippen LogP contribution is 2.27. The SMILES string of the molecule is O=C(N=c1sccn1Cc1ccccc1F)C1CCC1. The molecule has 0 aliphatic heterocycles. The van der Waals surface area contributed by atoms with Crippen LogP contribution in [0.3, 0.4) is 0 Å². The van der Waals surface area contributed by atoms with Crippen LogP contribution < -0.4 is 4.80 Å². The molecule has 3 nitrogen and oxygen atoms in total. The summed E-state index contributed by atoms with van der Waals surface area (Å²) in [7, 11) is 0. The van der Waals surface area contributed by atoms with E-state index >= 15 is 0 Å². The van der Waals surface area contributed by atoms with Gasteiger partial charge in [0.1, 0.15) is 5.82 Å². The average Bonchev–Trinajstić information content (AvgIpc) is 2.77. The van der Waals surface area contributed by atoms with Crippen molar-refractivity contribution in [3.8, 4) is 0 Å². The maximum Gasteiger partial charge on any atom is 0.251 e. The number of hydrogen-bond donors (Lipinski definition) is 0. The lowest BCUT2D eigenvalue weighted by Gasteiger charge is -2.20. The molecule has 5 heteroatoms. The molecule has 1 aromatic carbocycles. The highest BCUT2D eigenvalue weighted by molar-refractivity contribution is 7.07. The minimum Gasteiger partial charge on any atom is -0.319 e. The molecule has 3 rings (SSSR count). The maximum atomic E-state index is 13.7. The zero-order chi connectivity index (χ0) is 13.9. The predicted molar refractivity (Wildman–Crippen MR) is 75.7 cm³/mol. The lowest BCUT2D eigenvalue weighted by molar-refractivity contribution is -0.124. The van der Waals surface area contributed by atoms with Crippen molar-refractivity contribution in [3.63, 3.8) is 0 Å². The van der Waals surface area contributed by atoms with Crippen LogP contribution in [0.1, 0.15) is 24.8 Å². The van der Waals surface area contributed by atoms with Gasteiger partial charge in [-0.25, -0.2) is 4.39 Å². The molecule has 1 aliphatic rings. The first-order valence-electron chi connectivity index (χ1n) is 6.70. The second-order valence-electron chi connectivity index (χ2n) is 4.98. The summed E-state index contributed by atoms with van der Waals surface area (Å²) in [6.07, 6.45) is 4.84. The molecule has 1 aliphatic carbocycles. The van der Waals surface area contributed by atoms with E-state index in [1.54, 1.807) is 12.1 Å². The fraction of sp³-hybridized carbons (Fsp3) is 0.333. The van der Waals surface area contributed by atoms with Crippen molar-refractivity contribution < 1.29 is 9.18 Å². The molecule has 0 unspecified atom stereocenters. The molecule has 0 saturated heterocycles. The smallest absolute Gasteiger partial charge is 0.251 e. The van der Waals surface area contributed by atoms with Gasteiger partial charge in [0, 0.05) is 23.1 Å². The van der Waals surface area contributed by atoms with Gasteiger partial charge in [-0.15, -0.1) is 11.3 Å². The van der Waals surface area contributed by atoms with E-state index < -0.39 is 0 Å². The first-order valence-corrected chi connectivity index (χ1v) is 7.58. The van der Waals surface area contributed by atoms with Crippen molar-refractivity contribution in [1.29, 1.82) is 0 Å². The molecule has 1 aromatic heterocycles. The van der Waals surface area contributed by atoms with Crippen molar-refractivity contribution in [2.75, 3.05) is 0 Å². The minimum atomic E-state index is -0.234. The van der Waals surface area contributed by atoms with Crippen LogP contribution in [0.15, 0.2) is 40.8 Å². The van der Waals surface area contributed by atoms with Gasteiger partial charge in [-0.3, -0.25) is 4.79 Å². The summed E-state index contributed by atoms with van der Waals surface area (Å²) in [5, 5.41) is 1.87. The van der Waals surface area contributed by atoms with Crippen molar-refractivity contribution in [2.24, 2.45) is 10.9 Å². The van der Waals surface area contributed by atoms with Crippen LogP contribution in [0.5, 0.6) is 0 Å². The second-order valence-corrected chi connectivity index (χ2v) is 5.86. The van der Waals surface area contributed by atoms with Gasteiger partial charge in [-0.2, -0.15) is 4.99 Å². The van der Waals surface area contributed by atoms with E-state index in [4.69, 9.17) is 0 Å². The molecule has 2 aromatic rings. The normalized spacial score (nSPS) is 16.1. The standard InChI is InChI=1S/C15H15FN2OS/c16-13-7-2-1-4-12(13)10-18-8-9-20-15(18)17-14(19)11-5-3-6-11/h1-2,4,7-9,11H,3,5-6,10H2. The van der Waals surface area contributed by atoms with Gasteiger partial charge in [0.05, 0.1) is 6.54 Å². The van der Waals surface area contributed by atoms with Crippen LogP contribution in [0.25, 0.3) is 0 Å². The Balaban J connectivity index is 1.85. The first-order chi connectivity index (χ1) is 9.74. The molecule has 1 amide bonds.